The molecular weight excluding hydrogens is 508 g/mol. The van der Waals surface area contributed by atoms with E-state index in [0.29, 0.717) is 43.7 Å². The van der Waals surface area contributed by atoms with Gasteiger partial charge in [0.1, 0.15) is 0 Å². The number of non-ortho nitro benzene ring substituents is 1. The minimum absolute atomic E-state index is 0.0584. The maximum Gasteiger partial charge on any atom is 0.269 e. The highest BCUT2D eigenvalue weighted by Crippen LogP contribution is 2.39. The van der Waals surface area contributed by atoms with Gasteiger partial charge in [-0.2, -0.15) is 0 Å². The molecule has 4 aliphatic rings. The Morgan fingerprint density at radius 1 is 1.02 bits per heavy atom. The van der Waals surface area contributed by atoms with Crippen molar-refractivity contribution in [2.24, 2.45) is 17.8 Å². The Kier molecular flexibility index (Phi) is 7.82. The molecule has 9 nitrogen and oxygen atoms in total. The molecule has 3 aliphatic heterocycles. The minimum Gasteiger partial charge on any atom is -0.454 e. The van der Waals surface area contributed by atoms with Gasteiger partial charge in [-0.05, 0) is 67.3 Å². The number of nitro groups is 1. The lowest BCUT2D eigenvalue weighted by Crippen LogP contribution is -2.57. The number of anilines is 1. The highest BCUT2D eigenvalue weighted by Gasteiger charge is 2.41. The van der Waals surface area contributed by atoms with Crippen LogP contribution in [0.15, 0.2) is 42.5 Å². The Morgan fingerprint density at radius 2 is 1.77 bits per heavy atom. The first kappa shape index (κ1) is 26.9. The third kappa shape index (κ3) is 5.75. The number of carbonyl (C=O) groups excluding carboxylic acids is 1. The number of amides is 1. The van der Waals surface area contributed by atoms with E-state index >= 15 is 0 Å². The fourth-order valence-electron chi connectivity index (χ4n) is 7.35. The molecule has 2 aromatic rings. The van der Waals surface area contributed by atoms with Crippen molar-refractivity contribution in [2.45, 2.75) is 51.5 Å². The van der Waals surface area contributed by atoms with Gasteiger partial charge < -0.3 is 19.3 Å². The maximum absolute atomic E-state index is 13.8. The number of carbonyl (C=O) groups is 1. The van der Waals surface area contributed by atoms with Crippen molar-refractivity contribution < 1.29 is 19.2 Å². The zero-order valence-corrected chi connectivity index (χ0v) is 23.4. The van der Waals surface area contributed by atoms with Crippen LogP contribution in [0.4, 0.5) is 11.4 Å². The van der Waals surface area contributed by atoms with Crippen molar-refractivity contribution in [3.63, 3.8) is 0 Å². The highest BCUT2D eigenvalue weighted by atomic mass is 16.7. The van der Waals surface area contributed by atoms with E-state index in [1.165, 1.54) is 31.2 Å². The van der Waals surface area contributed by atoms with E-state index in [4.69, 9.17) is 9.47 Å². The summed E-state index contributed by atoms with van der Waals surface area (Å²) in [6.45, 7) is 7.37. The van der Waals surface area contributed by atoms with E-state index in [-0.39, 0.29) is 16.5 Å². The summed E-state index contributed by atoms with van der Waals surface area (Å²) in [7, 11) is 0. The molecule has 0 spiro atoms. The third-order valence-electron chi connectivity index (χ3n) is 9.31. The van der Waals surface area contributed by atoms with Gasteiger partial charge >= 0.3 is 0 Å². The van der Waals surface area contributed by atoms with Gasteiger partial charge in [-0.1, -0.05) is 25.8 Å². The molecule has 4 atom stereocenters. The molecule has 3 fully saturated rings. The Labute approximate surface area is 236 Å². The maximum atomic E-state index is 13.8. The van der Waals surface area contributed by atoms with Crippen LogP contribution in [-0.4, -0.2) is 72.7 Å². The summed E-state index contributed by atoms with van der Waals surface area (Å²) in [5.41, 5.74) is 2.35. The summed E-state index contributed by atoms with van der Waals surface area (Å²) in [6.07, 6.45) is 7.03. The Hall–Kier alpha value is -3.33. The summed E-state index contributed by atoms with van der Waals surface area (Å²) in [5.74, 6) is 3.11. The molecule has 6 rings (SSSR count). The number of piperazine rings is 1. The number of ether oxygens (including phenoxy) is 2. The standard InChI is InChI=1S/C31H40N4O5/c1-22(16-23-6-11-29-30(17-23)40-21-39-29)19-34-20-25(18-24-4-2-3-5-28(24)34)31(36)33-14-12-32(13-15-33)26-7-9-27(10-8-26)35(37)38/h6-11,17,22,24-25,28H,2-5,12-16,18-21H2,1H3/t22?,24-,25+,28-/m0/s1. The molecule has 1 unspecified atom stereocenters. The smallest absolute Gasteiger partial charge is 0.269 e. The summed E-state index contributed by atoms with van der Waals surface area (Å²) in [4.78, 5) is 31.3. The van der Waals surface area contributed by atoms with Crippen LogP contribution in [-0.2, 0) is 11.2 Å². The summed E-state index contributed by atoms with van der Waals surface area (Å²) in [5, 5.41) is 11.0. The average molecular weight is 549 g/mol. The molecule has 214 valence electrons. The number of nitro benzene ring substituents is 1. The fraction of sp³-hybridized carbons (Fsp3) is 0.581. The van der Waals surface area contributed by atoms with Crippen LogP contribution < -0.4 is 14.4 Å². The van der Waals surface area contributed by atoms with Crippen LogP contribution >= 0.6 is 0 Å². The second-order valence-electron chi connectivity index (χ2n) is 12.1. The van der Waals surface area contributed by atoms with Crippen LogP contribution in [0.5, 0.6) is 11.5 Å². The first-order chi connectivity index (χ1) is 19.4. The minimum atomic E-state index is -0.372. The van der Waals surface area contributed by atoms with E-state index < -0.39 is 0 Å². The van der Waals surface area contributed by atoms with Crippen molar-refractivity contribution in [2.75, 3.05) is 51.0 Å². The Morgan fingerprint density at radius 3 is 2.55 bits per heavy atom. The molecule has 40 heavy (non-hydrogen) atoms. The van der Waals surface area contributed by atoms with Crippen molar-refractivity contribution in [3.05, 3.63) is 58.1 Å². The van der Waals surface area contributed by atoms with Gasteiger partial charge in [0.15, 0.2) is 11.5 Å². The lowest BCUT2D eigenvalue weighted by molar-refractivity contribution is -0.384. The van der Waals surface area contributed by atoms with Crippen LogP contribution in [0.25, 0.3) is 0 Å². The first-order valence-electron chi connectivity index (χ1n) is 14.9. The van der Waals surface area contributed by atoms with Gasteiger partial charge in [0.05, 0.1) is 10.8 Å². The molecular formula is C31H40N4O5. The zero-order valence-electron chi connectivity index (χ0n) is 23.4. The van der Waals surface area contributed by atoms with Crippen molar-refractivity contribution >= 4 is 17.3 Å². The Balaban J connectivity index is 1.07. The summed E-state index contributed by atoms with van der Waals surface area (Å²) in [6, 6.07) is 13.6. The van der Waals surface area contributed by atoms with Gasteiger partial charge in [0.2, 0.25) is 12.7 Å². The van der Waals surface area contributed by atoms with Crippen molar-refractivity contribution in [1.29, 1.82) is 0 Å². The Bertz CT molecular complexity index is 1210. The highest BCUT2D eigenvalue weighted by molar-refractivity contribution is 5.79. The number of nitrogens with zero attached hydrogens (tertiary/aromatic N) is 4. The fourth-order valence-corrected chi connectivity index (χ4v) is 7.35. The van der Waals surface area contributed by atoms with Gasteiger partial charge in [0.25, 0.3) is 5.69 Å². The molecule has 2 aromatic carbocycles. The van der Waals surface area contributed by atoms with Gasteiger partial charge in [-0.3, -0.25) is 19.8 Å². The van der Waals surface area contributed by atoms with E-state index in [1.807, 2.05) is 18.2 Å². The molecule has 9 heteroatoms. The molecule has 0 aromatic heterocycles. The average Bonchev–Trinajstić information content (AvgIpc) is 3.45. The van der Waals surface area contributed by atoms with Gasteiger partial charge in [0, 0.05) is 63.1 Å². The van der Waals surface area contributed by atoms with Crippen LogP contribution in [0.3, 0.4) is 0 Å². The molecule has 0 N–H and O–H groups in total. The number of rotatable bonds is 7. The number of likely N-dealkylation sites (tertiary alicyclic amines) is 1. The van der Waals surface area contributed by atoms with Gasteiger partial charge in [-0.25, -0.2) is 0 Å². The molecule has 2 saturated heterocycles. The van der Waals surface area contributed by atoms with Crippen molar-refractivity contribution in [1.82, 2.24) is 9.80 Å². The van der Waals surface area contributed by atoms with Crippen LogP contribution in [0.1, 0.15) is 44.6 Å². The quantitative estimate of drug-likeness (QED) is 0.365. The molecule has 3 heterocycles. The lowest BCUT2D eigenvalue weighted by atomic mass is 9.74. The number of piperidine rings is 1. The normalized spacial score (nSPS) is 25.4. The second kappa shape index (κ2) is 11.6. The summed E-state index contributed by atoms with van der Waals surface area (Å²) >= 11 is 0. The zero-order chi connectivity index (χ0) is 27.6. The second-order valence-corrected chi connectivity index (χ2v) is 12.1. The summed E-state index contributed by atoms with van der Waals surface area (Å²) < 4.78 is 11.1. The number of hydrogen-bond acceptors (Lipinski definition) is 7. The largest absolute Gasteiger partial charge is 0.454 e. The predicted octanol–water partition coefficient (Wildman–Crippen LogP) is 4.73. The van der Waals surface area contributed by atoms with Crippen molar-refractivity contribution in [3.8, 4) is 11.5 Å². The van der Waals surface area contributed by atoms with Crippen LogP contribution in [0.2, 0.25) is 0 Å². The SMILES string of the molecule is CC(Cc1ccc2c(c1)OCO2)CN1C[C@H](C(=O)N2CCN(c3ccc([N+](=O)[O-])cc3)CC2)C[C@@H]2CCCC[C@@H]21. The van der Waals surface area contributed by atoms with E-state index in [2.05, 4.69) is 33.8 Å². The number of hydrogen-bond donors (Lipinski definition) is 0. The number of benzene rings is 2. The van der Waals surface area contributed by atoms with E-state index in [0.717, 1.165) is 56.2 Å². The van der Waals surface area contributed by atoms with Gasteiger partial charge in [-0.15, -0.1) is 0 Å². The molecule has 1 aliphatic carbocycles. The van der Waals surface area contributed by atoms with Crippen LogP contribution in [0, 0.1) is 27.9 Å². The lowest BCUT2D eigenvalue weighted by Gasteiger charge is -2.48. The topological polar surface area (TPSA) is 88.4 Å². The molecule has 0 bridgehead atoms. The van der Waals surface area contributed by atoms with E-state index in [1.54, 1.807) is 12.1 Å². The first-order valence-corrected chi connectivity index (χ1v) is 14.9. The number of fused-ring (bicyclic) bond motifs is 2. The molecule has 1 amide bonds. The third-order valence-corrected chi connectivity index (χ3v) is 9.31. The monoisotopic (exact) mass is 548 g/mol. The molecule has 0 radical (unpaired) electrons. The predicted molar refractivity (Wildman–Crippen MR) is 153 cm³/mol. The van der Waals surface area contributed by atoms with E-state index in [9.17, 15) is 14.9 Å². The molecule has 1 saturated carbocycles.